The SMILES string of the molecule is CCN(CC1CC1)C(=O)c1cc(N)ncc1Br. The van der Waals surface area contributed by atoms with Crippen LogP contribution in [0, 0.1) is 5.92 Å². The number of carbonyl (C=O) groups excluding carboxylic acids is 1. The number of nitrogens with two attached hydrogens (primary N) is 1. The molecule has 1 aromatic rings. The van der Waals surface area contributed by atoms with Gasteiger partial charge in [0.05, 0.1) is 5.56 Å². The average Bonchev–Trinajstić information content (AvgIpc) is 3.12. The quantitative estimate of drug-likeness (QED) is 0.928. The number of rotatable bonds is 4. The van der Waals surface area contributed by atoms with Crippen LogP contribution < -0.4 is 5.73 Å². The molecule has 0 aromatic carbocycles. The Morgan fingerprint density at radius 2 is 2.35 bits per heavy atom. The zero-order chi connectivity index (χ0) is 12.4. The van der Waals surface area contributed by atoms with E-state index in [1.54, 1.807) is 12.3 Å². The van der Waals surface area contributed by atoms with Gasteiger partial charge in [-0.2, -0.15) is 0 Å². The van der Waals surface area contributed by atoms with Gasteiger partial charge in [0.1, 0.15) is 5.82 Å². The third-order valence-electron chi connectivity index (χ3n) is 2.95. The van der Waals surface area contributed by atoms with Crippen molar-refractivity contribution in [3.05, 3.63) is 22.3 Å². The fourth-order valence-electron chi connectivity index (χ4n) is 1.76. The third-order valence-corrected chi connectivity index (χ3v) is 3.58. The Morgan fingerprint density at radius 1 is 1.65 bits per heavy atom. The number of pyridine rings is 1. The van der Waals surface area contributed by atoms with Crippen molar-refractivity contribution in [3.8, 4) is 0 Å². The Kier molecular flexibility index (Phi) is 3.66. The summed E-state index contributed by atoms with van der Waals surface area (Å²) < 4.78 is 0.700. The molecule has 0 radical (unpaired) electrons. The van der Waals surface area contributed by atoms with Crippen molar-refractivity contribution in [1.82, 2.24) is 9.88 Å². The van der Waals surface area contributed by atoms with E-state index in [1.807, 2.05) is 11.8 Å². The highest BCUT2D eigenvalue weighted by Crippen LogP contribution is 2.30. The zero-order valence-corrected chi connectivity index (χ0v) is 11.4. The lowest BCUT2D eigenvalue weighted by atomic mass is 10.2. The molecule has 2 N–H and O–H groups in total. The Morgan fingerprint density at radius 3 is 2.94 bits per heavy atom. The number of halogens is 1. The van der Waals surface area contributed by atoms with Crippen LogP contribution in [0.3, 0.4) is 0 Å². The van der Waals surface area contributed by atoms with Crippen molar-refractivity contribution >= 4 is 27.7 Å². The van der Waals surface area contributed by atoms with E-state index in [4.69, 9.17) is 5.73 Å². The fraction of sp³-hybridized carbons (Fsp3) is 0.500. The highest BCUT2D eigenvalue weighted by Gasteiger charge is 2.27. The van der Waals surface area contributed by atoms with E-state index in [0.717, 1.165) is 13.1 Å². The van der Waals surface area contributed by atoms with E-state index >= 15 is 0 Å². The minimum Gasteiger partial charge on any atom is -0.384 e. The van der Waals surface area contributed by atoms with E-state index in [-0.39, 0.29) is 5.91 Å². The zero-order valence-electron chi connectivity index (χ0n) is 9.82. The maximum atomic E-state index is 12.3. The van der Waals surface area contributed by atoms with Gasteiger partial charge in [-0.25, -0.2) is 4.98 Å². The number of nitrogens with zero attached hydrogens (tertiary/aromatic N) is 2. The summed E-state index contributed by atoms with van der Waals surface area (Å²) in [5.74, 6) is 1.09. The molecule has 0 spiro atoms. The molecule has 0 saturated heterocycles. The van der Waals surface area contributed by atoms with Crippen molar-refractivity contribution in [2.45, 2.75) is 19.8 Å². The van der Waals surface area contributed by atoms with Crippen LogP contribution in [0.2, 0.25) is 0 Å². The number of hydrogen-bond donors (Lipinski definition) is 1. The van der Waals surface area contributed by atoms with Crippen LogP contribution in [0.25, 0.3) is 0 Å². The van der Waals surface area contributed by atoms with Gasteiger partial charge >= 0.3 is 0 Å². The monoisotopic (exact) mass is 297 g/mol. The summed E-state index contributed by atoms with van der Waals surface area (Å²) in [5, 5.41) is 0. The van der Waals surface area contributed by atoms with Crippen LogP contribution in [0.5, 0.6) is 0 Å². The second-order valence-corrected chi connectivity index (χ2v) is 5.23. The van der Waals surface area contributed by atoms with Crippen molar-refractivity contribution in [1.29, 1.82) is 0 Å². The van der Waals surface area contributed by atoms with E-state index < -0.39 is 0 Å². The molecule has 1 fully saturated rings. The molecule has 0 unspecified atom stereocenters. The molecular formula is C12H16BrN3O. The van der Waals surface area contributed by atoms with Crippen molar-refractivity contribution < 1.29 is 4.79 Å². The van der Waals surface area contributed by atoms with Crippen molar-refractivity contribution in [2.24, 2.45) is 5.92 Å². The molecule has 92 valence electrons. The molecule has 1 amide bonds. The first kappa shape index (κ1) is 12.4. The fourth-order valence-corrected chi connectivity index (χ4v) is 2.14. The number of carbonyl (C=O) groups is 1. The summed E-state index contributed by atoms with van der Waals surface area (Å²) in [7, 11) is 0. The summed E-state index contributed by atoms with van der Waals surface area (Å²) in [6.07, 6.45) is 4.06. The minimum absolute atomic E-state index is 0.0281. The topological polar surface area (TPSA) is 59.2 Å². The summed E-state index contributed by atoms with van der Waals surface area (Å²) in [5.41, 5.74) is 6.22. The summed E-state index contributed by atoms with van der Waals surface area (Å²) in [6.45, 7) is 3.58. The highest BCUT2D eigenvalue weighted by atomic mass is 79.9. The Labute approximate surface area is 109 Å². The standard InChI is InChI=1S/C12H16BrN3O/c1-2-16(7-8-3-4-8)12(17)9-5-11(14)15-6-10(9)13/h5-6,8H,2-4,7H2,1H3,(H2,14,15). The van der Waals surface area contributed by atoms with Crippen molar-refractivity contribution in [2.75, 3.05) is 18.8 Å². The van der Waals surface area contributed by atoms with Crippen LogP contribution >= 0.6 is 15.9 Å². The predicted molar refractivity (Wildman–Crippen MR) is 70.7 cm³/mol. The van der Waals surface area contributed by atoms with Crippen LogP contribution in [-0.4, -0.2) is 28.9 Å². The first-order chi connectivity index (χ1) is 8.11. The van der Waals surface area contributed by atoms with E-state index in [1.165, 1.54) is 12.8 Å². The van der Waals surface area contributed by atoms with Crippen LogP contribution in [0.4, 0.5) is 5.82 Å². The van der Waals surface area contributed by atoms with Gasteiger partial charge < -0.3 is 10.6 Å². The molecule has 1 aliphatic rings. The maximum absolute atomic E-state index is 12.3. The third kappa shape index (κ3) is 2.97. The molecule has 0 aliphatic heterocycles. The lowest BCUT2D eigenvalue weighted by Crippen LogP contribution is -2.33. The largest absolute Gasteiger partial charge is 0.384 e. The average molecular weight is 298 g/mol. The van der Waals surface area contributed by atoms with Crippen molar-refractivity contribution in [3.63, 3.8) is 0 Å². The molecule has 5 heteroatoms. The molecule has 1 saturated carbocycles. The highest BCUT2D eigenvalue weighted by molar-refractivity contribution is 9.10. The smallest absolute Gasteiger partial charge is 0.255 e. The van der Waals surface area contributed by atoms with Gasteiger partial charge in [-0.3, -0.25) is 4.79 Å². The molecule has 1 heterocycles. The van der Waals surface area contributed by atoms with Crippen LogP contribution in [0.1, 0.15) is 30.1 Å². The predicted octanol–water partition coefficient (Wildman–Crippen LogP) is 2.30. The second-order valence-electron chi connectivity index (χ2n) is 4.38. The first-order valence-electron chi connectivity index (χ1n) is 5.82. The lowest BCUT2D eigenvalue weighted by molar-refractivity contribution is 0.0756. The first-order valence-corrected chi connectivity index (χ1v) is 6.61. The summed E-state index contributed by atoms with van der Waals surface area (Å²) in [6, 6.07) is 1.63. The number of amides is 1. The van der Waals surface area contributed by atoms with Gasteiger partial charge in [0.2, 0.25) is 0 Å². The molecule has 1 aliphatic carbocycles. The molecular weight excluding hydrogens is 282 g/mol. The van der Waals surface area contributed by atoms with Gasteiger partial charge in [0.25, 0.3) is 5.91 Å². The maximum Gasteiger partial charge on any atom is 0.255 e. The van der Waals surface area contributed by atoms with Gasteiger partial charge in [-0.15, -0.1) is 0 Å². The van der Waals surface area contributed by atoms with Crippen LogP contribution in [-0.2, 0) is 0 Å². The van der Waals surface area contributed by atoms with E-state index in [9.17, 15) is 4.79 Å². The Bertz CT molecular complexity index is 432. The van der Waals surface area contributed by atoms with Crippen LogP contribution in [0.15, 0.2) is 16.7 Å². The molecule has 0 atom stereocenters. The minimum atomic E-state index is 0.0281. The Balaban J connectivity index is 2.18. The number of anilines is 1. The summed E-state index contributed by atoms with van der Waals surface area (Å²) >= 11 is 3.34. The molecule has 2 rings (SSSR count). The number of nitrogen functional groups attached to an aromatic ring is 1. The molecule has 0 bridgehead atoms. The lowest BCUT2D eigenvalue weighted by Gasteiger charge is -2.21. The molecule has 17 heavy (non-hydrogen) atoms. The van der Waals surface area contributed by atoms with Gasteiger partial charge in [0.15, 0.2) is 0 Å². The van der Waals surface area contributed by atoms with Gasteiger partial charge in [-0.1, -0.05) is 0 Å². The Hall–Kier alpha value is -1.10. The molecule has 1 aromatic heterocycles. The van der Waals surface area contributed by atoms with E-state index in [0.29, 0.717) is 21.8 Å². The molecule has 4 nitrogen and oxygen atoms in total. The van der Waals surface area contributed by atoms with Gasteiger partial charge in [0, 0.05) is 23.8 Å². The van der Waals surface area contributed by atoms with E-state index in [2.05, 4.69) is 20.9 Å². The summed E-state index contributed by atoms with van der Waals surface area (Å²) in [4.78, 5) is 18.1. The second kappa shape index (κ2) is 5.04. The normalized spacial score (nSPS) is 14.7. The number of aromatic nitrogens is 1. The van der Waals surface area contributed by atoms with Gasteiger partial charge in [-0.05, 0) is 47.7 Å². The number of hydrogen-bond acceptors (Lipinski definition) is 3.